The number of halogens is 6. The summed E-state index contributed by atoms with van der Waals surface area (Å²) in [7, 11) is 0. The molecule has 0 aromatic heterocycles. The Bertz CT molecular complexity index is 430. The van der Waals surface area contributed by atoms with E-state index in [0.29, 0.717) is 18.2 Å². The van der Waals surface area contributed by atoms with Gasteiger partial charge in [0, 0.05) is 6.07 Å². The molecule has 0 aliphatic heterocycles. The Kier molecular flexibility index (Phi) is 3.64. The monoisotopic (exact) mass is 257 g/mol. The van der Waals surface area contributed by atoms with Gasteiger partial charge in [-0.2, -0.15) is 13.2 Å². The summed E-state index contributed by atoms with van der Waals surface area (Å²) in [6.45, 7) is 0. The Morgan fingerprint density at radius 3 is 2.29 bits per heavy atom. The van der Waals surface area contributed by atoms with Crippen molar-refractivity contribution in [3.8, 4) is 0 Å². The lowest BCUT2D eigenvalue weighted by molar-refractivity contribution is -0.183. The predicted octanol–water partition coefficient (Wildman–Crippen LogP) is 2.80. The van der Waals surface area contributed by atoms with E-state index >= 15 is 0 Å². The van der Waals surface area contributed by atoms with Gasteiger partial charge in [0.1, 0.15) is 11.6 Å². The van der Waals surface area contributed by atoms with Gasteiger partial charge in [-0.15, -0.1) is 0 Å². The number of hydrogen-bond donors (Lipinski definition) is 1. The van der Waals surface area contributed by atoms with E-state index < -0.39 is 35.6 Å². The lowest BCUT2D eigenvalue weighted by Gasteiger charge is -2.12. The molecule has 0 radical (unpaired) electrons. The summed E-state index contributed by atoms with van der Waals surface area (Å²) in [6.07, 6.45) is -9.15. The maximum absolute atomic E-state index is 12.9. The van der Waals surface area contributed by atoms with Crippen LogP contribution in [0.15, 0.2) is 18.2 Å². The van der Waals surface area contributed by atoms with Gasteiger partial charge in [-0.3, -0.25) is 4.79 Å². The van der Waals surface area contributed by atoms with Crippen molar-refractivity contribution in [1.82, 2.24) is 0 Å². The first kappa shape index (κ1) is 13.3. The van der Waals surface area contributed by atoms with Crippen LogP contribution in [0.2, 0.25) is 0 Å². The average molecular weight is 257 g/mol. The molecule has 1 unspecified atom stereocenters. The number of rotatable bonds is 2. The first-order valence-corrected chi connectivity index (χ1v) is 4.18. The third kappa shape index (κ3) is 3.36. The van der Waals surface area contributed by atoms with Crippen LogP contribution < -0.4 is 5.32 Å². The molecule has 0 bridgehead atoms. The van der Waals surface area contributed by atoms with E-state index in [9.17, 15) is 31.1 Å². The molecule has 2 nitrogen and oxygen atoms in total. The van der Waals surface area contributed by atoms with Crippen molar-refractivity contribution in [2.45, 2.75) is 12.3 Å². The molecule has 0 aliphatic carbocycles. The number of carbonyl (C=O) groups is 1. The number of alkyl halides is 4. The van der Waals surface area contributed by atoms with Gasteiger partial charge in [-0.1, -0.05) is 0 Å². The summed E-state index contributed by atoms with van der Waals surface area (Å²) < 4.78 is 73.1. The minimum atomic E-state index is -5.37. The first-order valence-electron chi connectivity index (χ1n) is 4.18. The Hall–Kier alpha value is -1.73. The van der Waals surface area contributed by atoms with Crippen LogP contribution in [0.5, 0.6) is 0 Å². The highest BCUT2D eigenvalue weighted by Gasteiger charge is 2.45. The Labute approximate surface area is 91.2 Å². The minimum absolute atomic E-state index is 0.344. The molecule has 0 fully saturated rings. The second-order valence-corrected chi connectivity index (χ2v) is 3.02. The largest absolute Gasteiger partial charge is 0.428 e. The van der Waals surface area contributed by atoms with Crippen molar-refractivity contribution in [3.05, 3.63) is 29.8 Å². The van der Waals surface area contributed by atoms with Gasteiger partial charge in [0.2, 0.25) is 0 Å². The Morgan fingerprint density at radius 2 is 1.82 bits per heavy atom. The fourth-order valence-corrected chi connectivity index (χ4v) is 0.936. The molecule has 0 heterocycles. The van der Waals surface area contributed by atoms with Crippen LogP contribution in [0, 0.1) is 11.6 Å². The third-order valence-corrected chi connectivity index (χ3v) is 1.71. The number of anilines is 1. The molecular formula is C9H5F6NO. The fraction of sp³-hybridized carbons (Fsp3) is 0.222. The highest BCUT2D eigenvalue weighted by Crippen LogP contribution is 2.24. The number of benzene rings is 1. The summed E-state index contributed by atoms with van der Waals surface area (Å²) in [5, 5.41) is 1.37. The molecule has 1 aromatic rings. The zero-order valence-electron chi connectivity index (χ0n) is 7.99. The molecular weight excluding hydrogens is 252 g/mol. The Morgan fingerprint density at radius 1 is 1.24 bits per heavy atom. The fourth-order valence-electron chi connectivity index (χ4n) is 0.936. The van der Waals surface area contributed by atoms with Crippen LogP contribution >= 0.6 is 0 Å². The SMILES string of the molecule is O=C(Nc1ccc(F)cc1F)C(F)C(F)(F)F. The summed E-state index contributed by atoms with van der Waals surface area (Å²) in [5.41, 5.74) is -0.733. The van der Waals surface area contributed by atoms with Gasteiger partial charge in [0.05, 0.1) is 5.69 Å². The van der Waals surface area contributed by atoms with Gasteiger partial charge in [0.25, 0.3) is 12.1 Å². The van der Waals surface area contributed by atoms with Crippen molar-refractivity contribution < 1.29 is 31.1 Å². The van der Waals surface area contributed by atoms with E-state index in [1.807, 2.05) is 0 Å². The second kappa shape index (κ2) is 4.64. The molecule has 1 aromatic carbocycles. The maximum Gasteiger partial charge on any atom is 0.428 e. The van der Waals surface area contributed by atoms with E-state index in [2.05, 4.69) is 0 Å². The molecule has 8 heteroatoms. The molecule has 0 saturated heterocycles. The third-order valence-electron chi connectivity index (χ3n) is 1.71. The van der Waals surface area contributed by atoms with Gasteiger partial charge in [0.15, 0.2) is 0 Å². The van der Waals surface area contributed by atoms with Crippen LogP contribution in [0.3, 0.4) is 0 Å². The summed E-state index contributed by atoms with van der Waals surface area (Å²) in [5.74, 6) is -4.34. The van der Waals surface area contributed by atoms with Crippen LogP contribution in [-0.2, 0) is 4.79 Å². The van der Waals surface area contributed by atoms with Crippen LogP contribution in [0.1, 0.15) is 0 Å². The Balaban J connectivity index is 2.82. The van der Waals surface area contributed by atoms with E-state index in [4.69, 9.17) is 0 Å². The van der Waals surface area contributed by atoms with Crippen LogP contribution in [-0.4, -0.2) is 18.3 Å². The summed E-state index contributed by atoms with van der Waals surface area (Å²) in [4.78, 5) is 10.7. The molecule has 0 aliphatic rings. The summed E-state index contributed by atoms with van der Waals surface area (Å²) in [6, 6.07) is 1.74. The lowest BCUT2D eigenvalue weighted by atomic mass is 10.2. The van der Waals surface area contributed by atoms with E-state index in [0.717, 1.165) is 0 Å². The van der Waals surface area contributed by atoms with Crippen molar-refractivity contribution in [2.75, 3.05) is 5.32 Å². The smallest absolute Gasteiger partial charge is 0.321 e. The topological polar surface area (TPSA) is 29.1 Å². The van der Waals surface area contributed by atoms with Gasteiger partial charge in [-0.05, 0) is 12.1 Å². The van der Waals surface area contributed by atoms with Crippen LogP contribution in [0.4, 0.5) is 32.0 Å². The molecule has 17 heavy (non-hydrogen) atoms. The van der Waals surface area contributed by atoms with Gasteiger partial charge in [-0.25, -0.2) is 13.2 Å². The maximum atomic E-state index is 12.9. The van der Waals surface area contributed by atoms with Gasteiger partial charge >= 0.3 is 6.18 Å². The molecule has 1 N–H and O–H groups in total. The standard InChI is InChI=1S/C9H5F6NO/c10-4-1-2-6(5(11)3-4)16-8(17)7(12)9(13,14)15/h1-3,7H,(H,16,17). The van der Waals surface area contributed by atoms with Crippen molar-refractivity contribution in [2.24, 2.45) is 0 Å². The molecule has 94 valence electrons. The molecule has 0 spiro atoms. The normalized spacial score (nSPS) is 13.3. The lowest BCUT2D eigenvalue weighted by Crippen LogP contribution is -2.37. The highest BCUT2D eigenvalue weighted by molar-refractivity contribution is 5.94. The number of carbonyl (C=O) groups excluding carboxylic acids is 1. The number of hydrogen-bond acceptors (Lipinski definition) is 1. The van der Waals surface area contributed by atoms with Gasteiger partial charge < -0.3 is 5.32 Å². The second-order valence-electron chi connectivity index (χ2n) is 3.02. The number of nitrogens with one attached hydrogen (secondary N) is 1. The first-order chi connectivity index (χ1) is 7.71. The average Bonchev–Trinajstić information content (AvgIpc) is 2.19. The summed E-state index contributed by atoms with van der Waals surface area (Å²) >= 11 is 0. The zero-order chi connectivity index (χ0) is 13.2. The quantitative estimate of drug-likeness (QED) is 0.811. The van der Waals surface area contributed by atoms with Crippen molar-refractivity contribution in [3.63, 3.8) is 0 Å². The molecule has 1 rings (SSSR count). The van der Waals surface area contributed by atoms with E-state index in [1.54, 1.807) is 0 Å². The number of amides is 1. The minimum Gasteiger partial charge on any atom is -0.321 e. The van der Waals surface area contributed by atoms with Crippen molar-refractivity contribution >= 4 is 11.6 Å². The zero-order valence-corrected chi connectivity index (χ0v) is 7.99. The molecule has 1 atom stereocenters. The molecule has 1 amide bonds. The highest BCUT2D eigenvalue weighted by atomic mass is 19.4. The van der Waals surface area contributed by atoms with Crippen LogP contribution in [0.25, 0.3) is 0 Å². The van der Waals surface area contributed by atoms with E-state index in [-0.39, 0.29) is 0 Å². The van der Waals surface area contributed by atoms with E-state index in [1.165, 1.54) is 5.32 Å². The predicted molar refractivity (Wildman–Crippen MR) is 45.9 cm³/mol. The van der Waals surface area contributed by atoms with Crippen molar-refractivity contribution in [1.29, 1.82) is 0 Å². The molecule has 0 saturated carbocycles.